The summed E-state index contributed by atoms with van der Waals surface area (Å²) in [6.45, 7) is 0. The molecule has 154 valence electrons. The lowest BCUT2D eigenvalue weighted by Crippen LogP contribution is -2.75. The Bertz CT molecular complexity index is 1220. The maximum Gasteiger partial charge on any atom is 0.180 e. The van der Waals surface area contributed by atoms with Gasteiger partial charge in [-0.25, -0.2) is 0 Å². The number of hydrogen-bond donors (Lipinski definition) is 0. The molecule has 0 aromatic heterocycles. The highest BCUT2D eigenvalue weighted by Gasteiger charge is 2.42. The van der Waals surface area contributed by atoms with Crippen molar-refractivity contribution in [3.8, 4) is 11.1 Å². The van der Waals surface area contributed by atoms with Crippen LogP contribution in [-0.4, -0.2) is 8.07 Å². The first kappa shape index (κ1) is 20.5. The maximum absolute atomic E-state index is 6.42. The van der Waals surface area contributed by atoms with Crippen LogP contribution >= 0.6 is 11.6 Å². The summed E-state index contributed by atoms with van der Waals surface area (Å²) in [5, 5.41) is 6.22. The van der Waals surface area contributed by atoms with Crippen molar-refractivity contribution in [2.24, 2.45) is 0 Å². The number of halogens is 1. The Kier molecular flexibility index (Phi) is 5.77. The van der Waals surface area contributed by atoms with E-state index in [1.54, 1.807) is 0 Å². The van der Waals surface area contributed by atoms with Crippen molar-refractivity contribution in [1.29, 1.82) is 0 Å². The van der Waals surface area contributed by atoms with Gasteiger partial charge in [-0.3, -0.25) is 0 Å². The highest BCUT2D eigenvalue weighted by atomic mass is 35.5. The fourth-order valence-corrected chi connectivity index (χ4v) is 9.93. The van der Waals surface area contributed by atoms with Crippen molar-refractivity contribution >= 4 is 40.4 Å². The van der Waals surface area contributed by atoms with Gasteiger partial charge in [0.2, 0.25) is 0 Å². The van der Waals surface area contributed by atoms with Crippen LogP contribution in [0.2, 0.25) is 5.02 Å². The molecule has 0 atom stereocenters. The van der Waals surface area contributed by atoms with E-state index in [4.69, 9.17) is 11.6 Å². The topological polar surface area (TPSA) is 0 Å². The van der Waals surface area contributed by atoms with Crippen LogP contribution in [-0.2, 0) is 0 Å². The molecular weight excluding hydrogens is 424 g/mol. The zero-order valence-corrected chi connectivity index (χ0v) is 19.4. The van der Waals surface area contributed by atoms with Gasteiger partial charge < -0.3 is 0 Å². The van der Waals surface area contributed by atoms with E-state index in [1.807, 2.05) is 12.1 Å². The lowest BCUT2D eigenvalue weighted by atomic mass is 10.1. The molecule has 32 heavy (non-hydrogen) atoms. The summed E-state index contributed by atoms with van der Waals surface area (Å²) in [5.74, 6) is 0. The highest BCUT2D eigenvalue weighted by molar-refractivity contribution is 7.20. The SMILES string of the molecule is Clc1cccc(-c2ccccc2[Si](c2ccccc2)(c2ccccc2)c2ccccc2)c1. The Balaban J connectivity index is 1.93. The summed E-state index contributed by atoms with van der Waals surface area (Å²) in [4.78, 5) is 0. The molecule has 2 heteroatoms. The van der Waals surface area contributed by atoms with Gasteiger partial charge in [-0.05, 0) is 44.0 Å². The molecule has 0 saturated carbocycles. The normalized spacial score (nSPS) is 11.3. The smallest absolute Gasteiger partial charge is 0.0843 e. The second-order valence-electron chi connectivity index (χ2n) is 7.90. The van der Waals surface area contributed by atoms with Crippen molar-refractivity contribution in [1.82, 2.24) is 0 Å². The monoisotopic (exact) mass is 446 g/mol. The molecule has 5 aromatic carbocycles. The Labute approximate surface area is 195 Å². The van der Waals surface area contributed by atoms with Gasteiger partial charge in [0, 0.05) is 5.02 Å². The van der Waals surface area contributed by atoms with Crippen LogP contribution in [0.5, 0.6) is 0 Å². The van der Waals surface area contributed by atoms with E-state index < -0.39 is 8.07 Å². The predicted molar refractivity (Wildman–Crippen MR) is 141 cm³/mol. The van der Waals surface area contributed by atoms with E-state index in [0.717, 1.165) is 10.6 Å². The second kappa shape index (κ2) is 9.00. The van der Waals surface area contributed by atoms with Gasteiger partial charge in [0.05, 0.1) is 0 Å². The average molecular weight is 447 g/mol. The van der Waals surface area contributed by atoms with Gasteiger partial charge >= 0.3 is 0 Å². The van der Waals surface area contributed by atoms with Crippen LogP contribution < -0.4 is 20.7 Å². The van der Waals surface area contributed by atoms with Gasteiger partial charge in [-0.2, -0.15) is 0 Å². The number of benzene rings is 5. The maximum atomic E-state index is 6.42. The fourth-order valence-electron chi connectivity index (χ4n) is 4.75. The lowest BCUT2D eigenvalue weighted by Gasteiger charge is -2.36. The summed E-state index contributed by atoms with van der Waals surface area (Å²) >= 11 is 6.42. The third-order valence-corrected chi connectivity index (χ3v) is 11.2. The van der Waals surface area contributed by atoms with Crippen molar-refractivity contribution in [2.75, 3.05) is 0 Å². The molecule has 0 heterocycles. The van der Waals surface area contributed by atoms with Crippen LogP contribution in [0.15, 0.2) is 140 Å². The molecule has 0 aliphatic rings. The van der Waals surface area contributed by atoms with E-state index in [2.05, 4.69) is 127 Å². The average Bonchev–Trinajstić information content (AvgIpc) is 2.87. The summed E-state index contributed by atoms with van der Waals surface area (Å²) in [7, 11) is -2.59. The van der Waals surface area contributed by atoms with E-state index in [1.165, 1.54) is 26.3 Å². The van der Waals surface area contributed by atoms with E-state index in [-0.39, 0.29) is 0 Å². The fraction of sp³-hybridized carbons (Fsp3) is 0. The van der Waals surface area contributed by atoms with Crippen LogP contribution in [0.4, 0.5) is 0 Å². The van der Waals surface area contributed by atoms with Crippen molar-refractivity contribution in [3.63, 3.8) is 0 Å². The van der Waals surface area contributed by atoms with Gasteiger partial charge in [-0.1, -0.05) is 139 Å². The molecule has 0 N–H and O–H groups in total. The first-order valence-corrected chi connectivity index (χ1v) is 13.2. The first-order chi connectivity index (χ1) is 15.8. The lowest BCUT2D eigenvalue weighted by molar-refractivity contribution is 1.62. The molecule has 5 aromatic rings. The summed E-state index contributed by atoms with van der Waals surface area (Å²) in [6, 6.07) is 50.0. The molecule has 0 radical (unpaired) electrons. The van der Waals surface area contributed by atoms with Crippen molar-refractivity contribution < 1.29 is 0 Å². The third kappa shape index (κ3) is 3.60. The molecule has 0 nitrogen and oxygen atoms in total. The van der Waals surface area contributed by atoms with Gasteiger partial charge in [0.1, 0.15) is 0 Å². The van der Waals surface area contributed by atoms with Crippen LogP contribution in [0.3, 0.4) is 0 Å². The molecule has 0 spiro atoms. The second-order valence-corrected chi connectivity index (χ2v) is 12.1. The molecule has 0 amide bonds. The Morgan fingerprint density at radius 3 is 1.41 bits per heavy atom. The standard InChI is InChI=1S/C30H23ClSi/c31-25-14-12-13-24(23-25)29-21-10-11-22-30(29)32(26-15-4-1-5-16-26,27-17-6-2-7-18-27)28-19-8-3-9-20-28/h1-23H. The zero-order valence-electron chi connectivity index (χ0n) is 17.7. The molecule has 0 aliphatic heterocycles. The summed E-state index contributed by atoms with van der Waals surface area (Å²) in [6.07, 6.45) is 0. The van der Waals surface area contributed by atoms with Crippen LogP contribution in [0.25, 0.3) is 11.1 Å². The quantitative estimate of drug-likeness (QED) is 0.251. The van der Waals surface area contributed by atoms with Gasteiger partial charge in [0.25, 0.3) is 0 Å². The Hall–Kier alpha value is -3.39. The minimum Gasteiger partial charge on any atom is -0.0843 e. The molecular formula is C30H23ClSi. The molecule has 5 rings (SSSR count). The minimum absolute atomic E-state index is 0.753. The van der Waals surface area contributed by atoms with Crippen LogP contribution in [0.1, 0.15) is 0 Å². The molecule has 0 unspecified atom stereocenters. The predicted octanol–water partition coefficient (Wildman–Crippen LogP) is 5.38. The summed E-state index contributed by atoms with van der Waals surface area (Å²) in [5.41, 5.74) is 2.38. The molecule has 0 fully saturated rings. The molecule has 0 bridgehead atoms. The minimum atomic E-state index is -2.59. The van der Waals surface area contributed by atoms with E-state index in [0.29, 0.717) is 0 Å². The van der Waals surface area contributed by atoms with Gasteiger partial charge in [0.15, 0.2) is 8.07 Å². The Morgan fingerprint density at radius 1 is 0.438 bits per heavy atom. The van der Waals surface area contributed by atoms with Crippen molar-refractivity contribution in [2.45, 2.75) is 0 Å². The van der Waals surface area contributed by atoms with Crippen molar-refractivity contribution in [3.05, 3.63) is 145 Å². The Morgan fingerprint density at radius 2 is 0.906 bits per heavy atom. The van der Waals surface area contributed by atoms with E-state index >= 15 is 0 Å². The van der Waals surface area contributed by atoms with E-state index in [9.17, 15) is 0 Å². The highest BCUT2D eigenvalue weighted by Crippen LogP contribution is 2.24. The number of hydrogen-bond acceptors (Lipinski definition) is 0. The van der Waals surface area contributed by atoms with Crippen LogP contribution in [0, 0.1) is 0 Å². The molecule has 0 saturated heterocycles. The first-order valence-electron chi connectivity index (χ1n) is 10.8. The van der Waals surface area contributed by atoms with Gasteiger partial charge in [-0.15, -0.1) is 0 Å². The zero-order chi connectivity index (χ0) is 21.8. The third-order valence-electron chi connectivity index (χ3n) is 6.09. The molecule has 0 aliphatic carbocycles. The largest absolute Gasteiger partial charge is 0.180 e. The summed E-state index contributed by atoms with van der Waals surface area (Å²) < 4.78 is 0. The number of rotatable bonds is 5.